The third kappa shape index (κ3) is 2.68. The minimum Gasteiger partial charge on any atom is -0.485 e. The fourth-order valence-corrected chi connectivity index (χ4v) is 2.30. The fraction of sp³-hybridized carbons (Fsp3) is 0.231. The van der Waals surface area contributed by atoms with Gasteiger partial charge in [0.15, 0.2) is 0 Å². The molecule has 1 aromatic heterocycles. The number of aryl methyl sites for hydroxylation is 2. The van der Waals surface area contributed by atoms with Gasteiger partial charge in [0.25, 0.3) is 0 Å². The molecule has 18 heavy (non-hydrogen) atoms. The van der Waals surface area contributed by atoms with Crippen molar-refractivity contribution in [3.05, 3.63) is 45.4 Å². The highest BCUT2D eigenvalue weighted by atomic mass is 32.1. The Hall–Kier alpha value is -1.88. The molecule has 0 saturated heterocycles. The lowest BCUT2D eigenvalue weighted by molar-refractivity contribution is 0.0691. The van der Waals surface area contributed by atoms with Crippen LogP contribution in [0.1, 0.15) is 26.6 Å². The van der Waals surface area contributed by atoms with E-state index in [2.05, 4.69) is 4.98 Å². The van der Waals surface area contributed by atoms with E-state index in [1.807, 2.05) is 25.3 Å². The summed E-state index contributed by atoms with van der Waals surface area (Å²) in [7, 11) is 0. The van der Waals surface area contributed by atoms with Crippen LogP contribution in [0.4, 0.5) is 0 Å². The maximum Gasteiger partial charge on any atom is 0.339 e. The van der Waals surface area contributed by atoms with Gasteiger partial charge in [0, 0.05) is 11.1 Å². The zero-order valence-corrected chi connectivity index (χ0v) is 11.0. The molecule has 0 unspecified atom stereocenters. The molecule has 2 rings (SSSR count). The summed E-state index contributed by atoms with van der Waals surface area (Å²) >= 11 is 1.51. The SMILES string of the molecule is Cc1csc(COc2c(C)cccc2C(=O)O)n1. The monoisotopic (exact) mass is 263 g/mol. The number of carbonyl (C=O) groups is 1. The van der Waals surface area contributed by atoms with Crippen LogP contribution in [-0.2, 0) is 6.61 Å². The number of carboxylic acids is 1. The van der Waals surface area contributed by atoms with Gasteiger partial charge in [-0.1, -0.05) is 12.1 Å². The topological polar surface area (TPSA) is 59.4 Å². The van der Waals surface area contributed by atoms with Gasteiger partial charge in [0.2, 0.25) is 0 Å². The summed E-state index contributed by atoms with van der Waals surface area (Å²) in [5, 5.41) is 11.9. The number of hydrogen-bond donors (Lipinski definition) is 1. The predicted molar refractivity (Wildman–Crippen MR) is 69.3 cm³/mol. The quantitative estimate of drug-likeness (QED) is 0.921. The molecule has 1 N–H and O–H groups in total. The average Bonchev–Trinajstić information content (AvgIpc) is 2.73. The third-order valence-electron chi connectivity index (χ3n) is 2.45. The molecule has 2 aromatic rings. The summed E-state index contributed by atoms with van der Waals surface area (Å²) in [6.45, 7) is 4.04. The van der Waals surface area contributed by atoms with E-state index in [0.717, 1.165) is 16.3 Å². The van der Waals surface area contributed by atoms with Crippen LogP contribution in [0.5, 0.6) is 5.75 Å². The van der Waals surface area contributed by atoms with Crippen LogP contribution >= 0.6 is 11.3 Å². The second kappa shape index (κ2) is 5.18. The maximum atomic E-state index is 11.1. The van der Waals surface area contributed by atoms with Crippen molar-refractivity contribution in [1.29, 1.82) is 0 Å². The van der Waals surface area contributed by atoms with Crippen molar-refractivity contribution in [2.45, 2.75) is 20.5 Å². The van der Waals surface area contributed by atoms with Gasteiger partial charge >= 0.3 is 5.97 Å². The molecule has 0 amide bonds. The first-order chi connectivity index (χ1) is 8.58. The molecule has 0 aliphatic carbocycles. The fourth-order valence-electron chi connectivity index (χ4n) is 1.62. The molecule has 1 heterocycles. The van der Waals surface area contributed by atoms with Crippen molar-refractivity contribution in [3.8, 4) is 5.75 Å². The number of hydrogen-bond acceptors (Lipinski definition) is 4. The highest BCUT2D eigenvalue weighted by molar-refractivity contribution is 7.09. The Morgan fingerprint density at radius 3 is 2.83 bits per heavy atom. The van der Waals surface area contributed by atoms with Gasteiger partial charge in [-0.2, -0.15) is 0 Å². The van der Waals surface area contributed by atoms with Gasteiger partial charge in [-0.3, -0.25) is 0 Å². The molecule has 0 atom stereocenters. The van der Waals surface area contributed by atoms with Crippen LogP contribution in [0, 0.1) is 13.8 Å². The van der Waals surface area contributed by atoms with Crippen LogP contribution in [0.3, 0.4) is 0 Å². The first-order valence-electron chi connectivity index (χ1n) is 5.44. The number of aromatic carboxylic acids is 1. The van der Waals surface area contributed by atoms with Gasteiger partial charge in [-0.25, -0.2) is 9.78 Å². The standard InChI is InChI=1S/C13H13NO3S/c1-8-4-3-5-10(13(15)16)12(8)17-6-11-14-9(2)7-18-11/h3-5,7H,6H2,1-2H3,(H,15,16). The minimum absolute atomic E-state index is 0.184. The molecule has 0 fully saturated rings. The summed E-state index contributed by atoms with van der Waals surface area (Å²) < 4.78 is 5.60. The van der Waals surface area contributed by atoms with Crippen LogP contribution in [-0.4, -0.2) is 16.1 Å². The zero-order chi connectivity index (χ0) is 13.1. The van der Waals surface area contributed by atoms with Crippen LogP contribution in [0.25, 0.3) is 0 Å². The Morgan fingerprint density at radius 2 is 2.22 bits per heavy atom. The smallest absolute Gasteiger partial charge is 0.339 e. The van der Waals surface area contributed by atoms with E-state index in [1.54, 1.807) is 6.07 Å². The highest BCUT2D eigenvalue weighted by Crippen LogP contribution is 2.25. The lowest BCUT2D eigenvalue weighted by Gasteiger charge is -2.10. The predicted octanol–water partition coefficient (Wildman–Crippen LogP) is 3.04. The van der Waals surface area contributed by atoms with Gasteiger partial charge in [-0.15, -0.1) is 11.3 Å². The molecule has 94 valence electrons. The van der Waals surface area contributed by atoms with Gasteiger partial charge in [0.05, 0.1) is 0 Å². The molecule has 5 heteroatoms. The van der Waals surface area contributed by atoms with Crippen molar-refractivity contribution >= 4 is 17.3 Å². The molecular formula is C13H13NO3S. The summed E-state index contributed by atoms with van der Waals surface area (Å²) in [4.78, 5) is 15.4. The number of rotatable bonds is 4. The molecule has 4 nitrogen and oxygen atoms in total. The maximum absolute atomic E-state index is 11.1. The zero-order valence-electron chi connectivity index (χ0n) is 10.1. The second-order valence-corrected chi connectivity index (χ2v) is 4.87. The molecule has 0 radical (unpaired) electrons. The largest absolute Gasteiger partial charge is 0.485 e. The van der Waals surface area contributed by atoms with Crippen LogP contribution in [0.15, 0.2) is 23.6 Å². The van der Waals surface area contributed by atoms with Gasteiger partial charge in [0.1, 0.15) is 22.9 Å². The highest BCUT2D eigenvalue weighted by Gasteiger charge is 2.13. The molecule has 1 aromatic carbocycles. The van der Waals surface area contributed by atoms with E-state index < -0.39 is 5.97 Å². The van der Waals surface area contributed by atoms with Crippen LogP contribution < -0.4 is 4.74 Å². The van der Waals surface area contributed by atoms with Crippen molar-refractivity contribution in [2.75, 3.05) is 0 Å². The Balaban J connectivity index is 2.20. The van der Waals surface area contributed by atoms with E-state index in [-0.39, 0.29) is 5.56 Å². The van der Waals surface area contributed by atoms with E-state index in [1.165, 1.54) is 17.4 Å². The number of carboxylic acid groups (broad SMARTS) is 1. The van der Waals surface area contributed by atoms with Crippen molar-refractivity contribution in [2.24, 2.45) is 0 Å². The van der Waals surface area contributed by atoms with Crippen molar-refractivity contribution < 1.29 is 14.6 Å². The molecule has 0 aliphatic heterocycles. The molecular weight excluding hydrogens is 250 g/mol. The van der Waals surface area contributed by atoms with Gasteiger partial charge < -0.3 is 9.84 Å². The summed E-state index contributed by atoms with van der Waals surface area (Å²) in [6, 6.07) is 5.08. The second-order valence-electron chi connectivity index (χ2n) is 3.93. The van der Waals surface area contributed by atoms with E-state index in [0.29, 0.717) is 12.4 Å². The molecule has 0 aliphatic rings. The van der Waals surface area contributed by atoms with E-state index in [9.17, 15) is 4.79 Å². The van der Waals surface area contributed by atoms with Crippen LogP contribution in [0.2, 0.25) is 0 Å². The number of benzene rings is 1. The minimum atomic E-state index is -0.982. The van der Waals surface area contributed by atoms with Crippen molar-refractivity contribution in [3.63, 3.8) is 0 Å². The molecule has 0 spiro atoms. The van der Waals surface area contributed by atoms with E-state index >= 15 is 0 Å². The van der Waals surface area contributed by atoms with E-state index in [4.69, 9.17) is 9.84 Å². The number of nitrogens with zero attached hydrogens (tertiary/aromatic N) is 1. The summed E-state index contributed by atoms with van der Waals surface area (Å²) in [6.07, 6.45) is 0. The summed E-state index contributed by atoms with van der Waals surface area (Å²) in [5.74, 6) is -0.568. The number of ether oxygens (including phenoxy) is 1. The lowest BCUT2D eigenvalue weighted by atomic mass is 10.1. The third-order valence-corrected chi connectivity index (χ3v) is 3.39. The van der Waals surface area contributed by atoms with Gasteiger partial charge in [-0.05, 0) is 25.5 Å². The Labute approximate surface area is 109 Å². The normalized spacial score (nSPS) is 10.3. The Kier molecular flexibility index (Phi) is 3.62. The Morgan fingerprint density at radius 1 is 1.44 bits per heavy atom. The lowest BCUT2D eigenvalue weighted by Crippen LogP contribution is -2.04. The van der Waals surface area contributed by atoms with Crippen molar-refractivity contribution in [1.82, 2.24) is 4.98 Å². The number of para-hydroxylation sites is 1. The number of aromatic nitrogens is 1. The molecule has 0 saturated carbocycles. The summed E-state index contributed by atoms with van der Waals surface area (Å²) in [5.41, 5.74) is 1.94. The first-order valence-corrected chi connectivity index (χ1v) is 6.32. The number of thiazole rings is 1. The molecule has 0 bridgehead atoms. The average molecular weight is 263 g/mol. The first kappa shape index (κ1) is 12.6. The Bertz CT molecular complexity index is 577.